The second kappa shape index (κ2) is 5.43. The van der Waals surface area contributed by atoms with E-state index in [9.17, 15) is 0 Å². The lowest BCUT2D eigenvalue weighted by Gasteiger charge is -2.05. The molecule has 2 heterocycles. The summed E-state index contributed by atoms with van der Waals surface area (Å²) < 4.78 is 1.60. The number of aromatic nitrogens is 6. The summed E-state index contributed by atoms with van der Waals surface area (Å²) in [6.45, 7) is 0. The fraction of sp³-hybridized carbons (Fsp3) is 0. The number of halogens is 1. The van der Waals surface area contributed by atoms with Gasteiger partial charge in [-0.3, -0.25) is 0 Å². The Bertz CT molecular complexity index is 731. The van der Waals surface area contributed by atoms with E-state index < -0.39 is 0 Å². The first-order valence-electron chi connectivity index (χ1n) is 5.53. The molecule has 3 rings (SSSR count). The van der Waals surface area contributed by atoms with E-state index in [1.165, 1.54) is 18.1 Å². The summed E-state index contributed by atoms with van der Waals surface area (Å²) in [5, 5.41) is 12.8. The number of nitrogen functional groups attached to an aromatic ring is 1. The molecule has 0 amide bonds. The number of nitrogens with zero attached hydrogens (tertiary/aromatic N) is 6. The lowest BCUT2D eigenvalue weighted by molar-refractivity contribution is 0.756. The van der Waals surface area contributed by atoms with Gasteiger partial charge in [0.05, 0.1) is 5.69 Å². The van der Waals surface area contributed by atoms with Crippen molar-refractivity contribution >= 4 is 29.1 Å². The van der Waals surface area contributed by atoms with Crippen LogP contribution in [0.15, 0.2) is 46.8 Å². The maximum absolute atomic E-state index is 5.86. The molecule has 0 saturated heterocycles. The predicted molar refractivity (Wildman–Crippen MR) is 74.7 cm³/mol. The van der Waals surface area contributed by atoms with Crippen LogP contribution < -0.4 is 5.73 Å². The minimum Gasteiger partial charge on any atom is -0.394 e. The van der Waals surface area contributed by atoms with Crippen molar-refractivity contribution in [2.24, 2.45) is 0 Å². The van der Waals surface area contributed by atoms with Gasteiger partial charge in [-0.15, -0.1) is 5.10 Å². The Balaban J connectivity index is 1.97. The van der Waals surface area contributed by atoms with Crippen LogP contribution in [-0.2, 0) is 0 Å². The van der Waals surface area contributed by atoms with E-state index in [0.717, 1.165) is 5.69 Å². The van der Waals surface area contributed by atoms with Gasteiger partial charge in [-0.05, 0) is 34.3 Å². The van der Waals surface area contributed by atoms with E-state index in [4.69, 9.17) is 17.3 Å². The van der Waals surface area contributed by atoms with Gasteiger partial charge in [-0.1, -0.05) is 29.8 Å². The first-order chi connectivity index (χ1) is 9.75. The van der Waals surface area contributed by atoms with Crippen LogP contribution in [0.25, 0.3) is 5.69 Å². The van der Waals surface area contributed by atoms with Crippen molar-refractivity contribution in [2.75, 3.05) is 5.73 Å². The molecule has 2 N–H and O–H groups in total. The molecule has 9 heteroatoms. The summed E-state index contributed by atoms with van der Waals surface area (Å²) in [6, 6.07) is 9.53. The van der Waals surface area contributed by atoms with Gasteiger partial charge in [0.1, 0.15) is 17.0 Å². The zero-order valence-corrected chi connectivity index (χ0v) is 11.6. The summed E-state index contributed by atoms with van der Waals surface area (Å²) in [5.41, 5.74) is 6.99. The maximum atomic E-state index is 5.86. The average Bonchev–Trinajstić information content (AvgIpc) is 2.93. The van der Waals surface area contributed by atoms with Crippen LogP contribution in [0.4, 0.5) is 5.69 Å². The van der Waals surface area contributed by atoms with Gasteiger partial charge in [0, 0.05) is 0 Å². The SMILES string of the molecule is Nc1c(Cl)ncnc1Sc1nnnn1-c1ccccc1. The smallest absolute Gasteiger partial charge is 0.220 e. The first kappa shape index (κ1) is 12.8. The molecule has 3 aromatic rings. The van der Waals surface area contributed by atoms with E-state index in [2.05, 4.69) is 25.5 Å². The van der Waals surface area contributed by atoms with Crippen molar-refractivity contribution in [1.82, 2.24) is 30.2 Å². The van der Waals surface area contributed by atoms with E-state index >= 15 is 0 Å². The number of nitrogens with two attached hydrogens (primary N) is 1. The Morgan fingerprint density at radius 1 is 1.15 bits per heavy atom. The molecule has 0 spiro atoms. The molecule has 0 aliphatic carbocycles. The van der Waals surface area contributed by atoms with Crippen LogP contribution in [0.5, 0.6) is 0 Å². The zero-order valence-electron chi connectivity index (χ0n) is 10.0. The topological polar surface area (TPSA) is 95.4 Å². The van der Waals surface area contributed by atoms with Crippen molar-refractivity contribution in [1.29, 1.82) is 0 Å². The summed E-state index contributed by atoms with van der Waals surface area (Å²) in [4.78, 5) is 7.89. The minimum absolute atomic E-state index is 0.209. The van der Waals surface area contributed by atoms with Gasteiger partial charge in [-0.2, -0.15) is 4.68 Å². The number of para-hydroxylation sites is 1. The number of benzene rings is 1. The molecule has 0 aliphatic heterocycles. The molecule has 1 aromatic carbocycles. The number of tetrazole rings is 1. The van der Waals surface area contributed by atoms with Gasteiger partial charge in [-0.25, -0.2) is 9.97 Å². The first-order valence-corrected chi connectivity index (χ1v) is 6.73. The Labute approximate surface area is 123 Å². The highest BCUT2D eigenvalue weighted by atomic mass is 35.5. The predicted octanol–water partition coefficient (Wildman–Crippen LogP) is 1.84. The Morgan fingerprint density at radius 3 is 2.75 bits per heavy atom. The molecule has 0 radical (unpaired) electrons. The standard InChI is InChI=1S/C11H8ClN7S/c12-9-8(13)10(15-6-14-9)20-11-16-17-18-19(11)7-4-2-1-3-5-7/h1-6H,13H2. The van der Waals surface area contributed by atoms with Crippen LogP contribution in [0, 0.1) is 0 Å². The minimum atomic E-state index is 0.209. The van der Waals surface area contributed by atoms with Gasteiger partial charge >= 0.3 is 0 Å². The number of hydrogen-bond donors (Lipinski definition) is 1. The van der Waals surface area contributed by atoms with Gasteiger partial charge in [0.2, 0.25) is 5.16 Å². The van der Waals surface area contributed by atoms with E-state index in [1.807, 2.05) is 30.3 Å². The molecule has 0 fully saturated rings. The second-order valence-electron chi connectivity index (χ2n) is 3.69. The highest BCUT2D eigenvalue weighted by Gasteiger charge is 2.14. The fourth-order valence-corrected chi connectivity index (χ4v) is 2.48. The summed E-state index contributed by atoms with van der Waals surface area (Å²) >= 11 is 7.09. The third-order valence-corrected chi connectivity index (χ3v) is 3.69. The third kappa shape index (κ3) is 2.43. The number of rotatable bonds is 3. The van der Waals surface area contributed by atoms with Gasteiger partial charge in [0.25, 0.3) is 0 Å². The van der Waals surface area contributed by atoms with Crippen molar-refractivity contribution < 1.29 is 0 Å². The van der Waals surface area contributed by atoms with Crippen LogP contribution in [0.3, 0.4) is 0 Å². The van der Waals surface area contributed by atoms with Gasteiger partial charge < -0.3 is 5.73 Å². The molecule has 7 nitrogen and oxygen atoms in total. The van der Waals surface area contributed by atoms with Crippen LogP contribution >= 0.6 is 23.4 Å². The summed E-state index contributed by atoms with van der Waals surface area (Å²) in [6.07, 6.45) is 1.34. The highest BCUT2D eigenvalue weighted by molar-refractivity contribution is 7.99. The monoisotopic (exact) mass is 305 g/mol. The quantitative estimate of drug-likeness (QED) is 0.737. The lowest BCUT2D eigenvalue weighted by atomic mass is 10.3. The van der Waals surface area contributed by atoms with Crippen LogP contribution in [0.2, 0.25) is 5.15 Å². The molecule has 0 unspecified atom stereocenters. The zero-order chi connectivity index (χ0) is 13.9. The van der Waals surface area contributed by atoms with Crippen molar-refractivity contribution in [3.8, 4) is 5.69 Å². The average molecular weight is 306 g/mol. The van der Waals surface area contributed by atoms with E-state index in [1.54, 1.807) is 4.68 Å². The molecular weight excluding hydrogens is 298 g/mol. The fourth-order valence-electron chi connectivity index (χ4n) is 1.50. The second-order valence-corrected chi connectivity index (χ2v) is 5.01. The van der Waals surface area contributed by atoms with Gasteiger partial charge in [0.15, 0.2) is 5.15 Å². The van der Waals surface area contributed by atoms with E-state index in [-0.39, 0.29) is 5.15 Å². The molecule has 100 valence electrons. The molecule has 20 heavy (non-hydrogen) atoms. The molecular formula is C11H8ClN7S. The Morgan fingerprint density at radius 2 is 1.95 bits per heavy atom. The number of anilines is 1. The van der Waals surface area contributed by atoms with Crippen molar-refractivity contribution in [2.45, 2.75) is 10.2 Å². The van der Waals surface area contributed by atoms with Crippen molar-refractivity contribution in [3.05, 3.63) is 41.8 Å². The summed E-state index contributed by atoms with van der Waals surface area (Å²) in [7, 11) is 0. The molecule has 0 aliphatic rings. The molecule has 2 aromatic heterocycles. The number of hydrogen-bond acceptors (Lipinski definition) is 7. The van der Waals surface area contributed by atoms with Crippen LogP contribution in [-0.4, -0.2) is 30.2 Å². The Hall–Kier alpha value is -2.19. The highest BCUT2D eigenvalue weighted by Crippen LogP contribution is 2.31. The Kier molecular flexibility index (Phi) is 3.48. The maximum Gasteiger partial charge on any atom is 0.220 e. The van der Waals surface area contributed by atoms with E-state index in [0.29, 0.717) is 15.9 Å². The molecule has 0 saturated carbocycles. The lowest BCUT2D eigenvalue weighted by Crippen LogP contribution is -2.00. The molecule has 0 bridgehead atoms. The van der Waals surface area contributed by atoms with Crippen molar-refractivity contribution in [3.63, 3.8) is 0 Å². The largest absolute Gasteiger partial charge is 0.394 e. The third-order valence-electron chi connectivity index (χ3n) is 2.43. The molecule has 0 atom stereocenters. The normalized spacial score (nSPS) is 10.7. The summed E-state index contributed by atoms with van der Waals surface area (Å²) in [5.74, 6) is 0. The van der Waals surface area contributed by atoms with Crippen LogP contribution in [0.1, 0.15) is 0 Å².